The SMILES string of the molecule is CC(C)n1c(Sc2nccnc2C(=O)O)n[nH]c1=O. The summed E-state index contributed by atoms with van der Waals surface area (Å²) >= 11 is 0.984. The van der Waals surface area contributed by atoms with E-state index >= 15 is 0 Å². The van der Waals surface area contributed by atoms with Gasteiger partial charge >= 0.3 is 11.7 Å². The van der Waals surface area contributed by atoms with Crippen LogP contribution in [0.1, 0.15) is 30.4 Å². The minimum atomic E-state index is -1.18. The molecule has 0 bridgehead atoms. The van der Waals surface area contributed by atoms with E-state index in [2.05, 4.69) is 20.2 Å². The highest BCUT2D eigenvalue weighted by Crippen LogP contribution is 2.26. The lowest BCUT2D eigenvalue weighted by molar-refractivity contribution is 0.0685. The number of aromatic nitrogens is 5. The number of nitrogens with zero attached hydrogens (tertiary/aromatic N) is 4. The van der Waals surface area contributed by atoms with Crippen LogP contribution < -0.4 is 5.69 Å². The van der Waals surface area contributed by atoms with Crippen LogP contribution in [0.25, 0.3) is 0 Å². The maximum absolute atomic E-state index is 11.6. The highest BCUT2D eigenvalue weighted by atomic mass is 32.2. The molecule has 0 fully saturated rings. The number of H-pyrrole nitrogens is 1. The number of nitrogens with one attached hydrogen (secondary N) is 1. The second-order valence-electron chi connectivity index (χ2n) is 3.89. The van der Waals surface area contributed by atoms with E-state index in [0.717, 1.165) is 11.8 Å². The van der Waals surface area contributed by atoms with Crippen LogP contribution in [0, 0.1) is 0 Å². The number of hydrogen-bond acceptors (Lipinski definition) is 6. The topological polar surface area (TPSA) is 114 Å². The summed E-state index contributed by atoms with van der Waals surface area (Å²) in [5.74, 6) is -1.18. The summed E-state index contributed by atoms with van der Waals surface area (Å²) in [5.41, 5.74) is -0.517. The zero-order chi connectivity index (χ0) is 14.0. The molecule has 0 spiro atoms. The molecular formula is C10H11N5O3S. The second kappa shape index (κ2) is 5.22. The largest absolute Gasteiger partial charge is 0.476 e. The van der Waals surface area contributed by atoms with Crippen LogP contribution in [0.3, 0.4) is 0 Å². The van der Waals surface area contributed by atoms with Crippen molar-refractivity contribution in [1.29, 1.82) is 0 Å². The van der Waals surface area contributed by atoms with E-state index in [1.807, 2.05) is 13.8 Å². The molecule has 0 saturated carbocycles. The molecule has 0 saturated heterocycles. The van der Waals surface area contributed by atoms with Crippen molar-refractivity contribution >= 4 is 17.7 Å². The summed E-state index contributed by atoms with van der Waals surface area (Å²) in [6, 6.07) is -0.0984. The monoisotopic (exact) mass is 281 g/mol. The standard InChI is InChI=1S/C10H11N5O3S/c1-5(2)15-9(18)13-14-10(15)19-7-6(8(16)17)11-3-4-12-7/h3-5H,1-2H3,(H,13,18)(H,16,17). The van der Waals surface area contributed by atoms with Crippen molar-refractivity contribution in [2.75, 3.05) is 0 Å². The molecule has 2 aromatic rings. The highest BCUT2D eigenvalue weighted by molar-refractivity contribution is 7.99. The second-order valence-corrected chi connectivity index (χ2v) is 4.85. The molecule has 0 amide bonds. The number of rotatable bonds is 4. The van der Waals surface area contributed by atoms with Crippen LogP contribution >= 0.6 is 11.8 Å². The predicted octanol–water partition coefficient (Wildman–Crippen LogP) is 0.792. The van der Waals surface area contributed by atoms with Crippen molar-refractivity contribution in [2.45, 2.75) is 30.1 Å². The molecule has 0 unspecified atom stereocenters. The summed E-state index contributed by atoms with van der Waals surface area (Å²) in [6.07, 6.45) is 2.69. The Hall–Kier alpha value is -2.16. The van der Waals surface area contributed by atoms with Gasteiger partial charge in [0, 0.05) is 18.4 Å². The fourth-order valence-electron chi connectivity index (χ4n) is 1.45. The molecule has 2 heterocycles. The Kier molecular flexibility index (Phi) is 3.65. The zero-order valence-electron chi connectivity index (χ0n) is 10.2. The zero-order valence-corrected chi connectivity index (χ0v) is 11.0. The molecule has 0 aliphatic heterocycles. The Morgan fingerprint density at radius 3 is 2.74 bits per heavy atom. The van der Waals surface area contributed by atoms with Gasteiger partial charge in [-0.25, -0.2) is 24.7 Å². The van der Waals surface area contributed by atoms with Gasteiger partial charge in [-0.15, -0.1) is 5.10 Å². The van der Waals surface area contributed by atoms with Gasteiger partial charge in [0.2, 0.25) is 0 Å². The van der Waals surface area contributed by atoms with Crippen molar-refractivity contribution in [3.05, 3.63) is 28.6 Å². The smallest absolute Gasteiger partial charge is 0.357 e. The van der Waals surface area contributed by atoms with Crippen LogP contribution in [0.2, 0.25) is 0 Å². The van der Waals surface area contributed by atoms with Crippen LogP contribution in [0.5, 0.6) is 0 Å². The summed E-state index contributed by atoms with van der Waals surface area (Å²) in [5, 5.41) is 15.7. The molecule has 9 heteroatoms. The number of hydrogen-bond donors (Lipinski definition) is 2. The average Bonchev–Trinajstić information content (AvgIpc) is 2.71. The summed E-state index contributed by atoms with van der Waals surface area (Å²) in [6.45, 7) is 3.66. The fourth-order valence-corrected chi connectivity index (χ4v) is 2.46. The molecule has 2 aromatic heterocycles. The van der Waals surface area contributed by atoms with Gasteiger partial charge in [-0.3, -0.25) is 4.57 Å². The van der Waals surface area contributed by atoms with Gasteiger partial charge in [0.05, 0.1) is 0 Å². The van der Waals surface area contributed by atoms with Crippen LogP contribution in [0.4, 0.5) is 0 Å². The van der Waals surface area contributed by atoms with E-state index in [-0.39, 0.29) is 22.5 Å². The quantitative estimate of drug-likeness (QED) is 0.851. The molecule has 8 nitrogen and oxygen atoms in total. The maximum Gasteiger partial charge on any atom is 0.357 e. The van der Waals surface area contributed by atoms with E-state index in [9.17, 15) is 9.59 Å². The summed E-state index contributed by atoms with van der Waals surface area (Å²) in [7, 11) is 0. The Bertz CT molecular complexity index is 663. The van der Waals surface area contributed by atoms with E-state index in [4.69, 9.17) is 5.11 Å². The number of aromatic amines is 1. The predicted molar refractivity (Wildman–Crippen MR) is 66.3 cm³/mol. The van der Waals surface area contributed by atoms with Crippen molar-refractivity contribution < 1.29 is 9.90 Å². The Labute approximate surface area is 111 Å². The molecule has 2 N–H and O–H groups in total. The number of carbonyl (C=O) groups is 1. The Balaban J connectivity index is 2.43. The number of aromatic carboxylic acids is 1. The molecule has 0 aliphatic carbocycles. The Morgan fingerprint density at radius 2 is 2.11 bits per heavy atom. The maximum atomic E-state index is 11.6. The minimum absolute atomic E-state index is 0.0984. The first-order valence-electron chi connectivity index (χ1n) is 5.39. The first kappa shape index (κ1) is 13.3. The van der Waals surface area contributed by atoms with Crippen LogP contribution in [-0.4, -0.2) is 35.8 Å². The first-order valence-corrected chi connectivity index (χ1v) is 6.21. The van der Waals surface area contributed by atoms with Gasteiger partial charge in [0.15, 0.2) is 10.9 Å². The molecule has 0 aromatic carbocycles. The van der Waals surface area contributed by atoms with Gasteiger partial charge in [0.1, 0.15) is 5.03 Å². The molecular weight excluding hydrogens is 270 g/mol. The summed E-state index contributed by atoms with van der Waals surface area (Å²) in [4.78, 5) is 30.3. The molecule has 0 radical (unpaired) electrons. The lowest BCUT2D eigenvalue weighted by Crippen LogP contribution is -2.19. The highest BCUT2D eigenvalue weighted by Gasteiger charge is 2.18. The number of carboxylic acid groups (broad SMARTS) is 1. The third kappa shape index (κ3) is 2.65. The van der Waals surface area contributed by atoms with Gasteiger partial charge in [-0.2, -0.15) is 0 Å². The van der Waals surface area contributed by atoms with E-state index in [1.165, 1.54) is 17.0 Å². The fraction of sp³-hybridized carbons (Fsp3) is 0.300. The lowest BCUT2D eigenvalue weighted by Gasteiger charge is -2.08. The van der Waals surface area contributed by atoms with Crippen LogP contribution in [0.15, 0.2) is 27.4 Å². The van der Waals surface area contributed by atoms with E-state index < -0.39 is 5.97 Å². The van der Waals surface area contributed by atoms with Gasteiger partial charge in [-0.05, 0) is 25.6 Å². The first-order chi connectivity index (χ1) is 9.00. The molecule has 0 atom stereocenters. The molecule has 2 rings (SSSR count). The third-order valence-electron chi connectivity index (χ3n) is 2.24. The van der Waals surface area contributed by atoms with Crippen molar-refractivity contribution in [1.82, 2.24) is 24.7 Å². The summed E-state index contributed by atoms with van der Waals surface area (Å²) < 4.78 is 1.42. The number of carboxylic acids is 1. The molecule has 19 heavy (non-hydrogen) atoms. The minimum Gasteiger partial charge on any atom is -0.476 e. The van der Waals surface area contributed by atoms with Crippen molar-refractivity contribution in [3.63, 3.8) is 0 Å². The third-order valence-corrected chi connectivity index (χ3v) is 3.21. The van der Waals surface area contributed by atoms with Crippen molar-refractivity contribution in [2.24, 2.45) is 0 Å². The molecule has 0 aliphatic rings. The van der Waals surface area contributed by atoms with Gasteiger partial charge in [0.25, 0.3) is 0 Å². The average molecular weight is 281 g/mol. The van der Waals surface area contributed by atoms with Gasteiger partial charge in [-0.1, -0.05) is 0 Å². The Morgan fingerprint density at radius 1 is 1.42 bits per heavy atom. The van der Waals surface area contributed by atoms with Crippen LogP contribution in [-0.2, 0) is 0 Å². The van der Waals surface area contributed by atoms with E-state index in [1.54, 1.807) is 0 Å². The normalized spacial score (nSPS) is 10.9. The van der Waals surface area contributed by atoms with Crippen molar-refractivity contribution in [3.8, 4) is 0 Å². The van der Waals surface area contributed by atoms with Gasteiger partial charge < -0.3 is 5.11 Å². The van der Waals surface area contributed by atoms with E-state index in [0.29, 0.717) is 5.16 Å². The molecule has 100 valence electrons. The lowest BCUT2D eigenvalue weighted by atomic mass is 10.4.